The lowest BCUT2D eigenvalue weighted by Crippen LogP contribution is -2.61. The molecule has 7 aromatic rings. The fourth-order valence-corrected chi connectivity index (χ4v) is 15.8. The van der Waals surface area contributed by atoms with Crippen LogP contribution in [0.3, 0.4) is 0 Å². The van der Waals surface area contributed by atoms with Gasteiger partial charge in [-0.2, -0.15) is 0 Å². The number of rotatable bonds is 23. The molecule has 8 rings (SSSR count). The van der Waals surface area contributed by atoms with Gasteiger partial charge in [0.25, 0.3) is 0 Å². The molecule has 1 aromatic heterocycles. The van der Waals surface area contributed by atoms with E-state index in [4.69, 9.17) is 5.73 Å². The number of benzene rings is 6. The van der Waals surface area contributed by atoms with Crippen LogP contribution in [0.15, 0.2) is 170 Å². The van der Waals surface area contributed by atoms with Crippen LogP contribution in [0.2, 0.25) is 0 Å². The lowest BCUT2D eigenvalue weighted by molar-refractivity contribution is -0.151. The van der Waals surface area contributed by atoms with Crippen LogP contribution in [0.5, 0.6) is 5.75 Å². The molecule has 1 aliphatic heterocycles. The number of hydrogen-bond acceptors (Lipinski definition) is 18. The Balaban J connectivity index is 1.21. The number of unbranched alkanes of at least 4 members (excludes halogenated alkanes) is 1. The highest BCUT2D eigenvalue weighted by Crippen LogP contribution is 2.24. The summed E-state index contributed by atoms with van der Waals surface area (Å²) in [5, 5.41) is 45.1. The van der Waals surface area contributed by atoms with Crippen molar-refractivity contribution >= 4 is 117 Å². The number of nitrogens with zero attached hydrogens (tertiary/aromatic N) is 5. The largest absolute Gasteiger partial charge is 0.508 e. The number of carboxylic acid groups (broad SMARTS) is 1. The monoisotopic (exact) mass is 1800 g/mol. The normalized spacial score (nSPS) is 21.9. The van der Waals surface area contributed by atoms with Gasteiger partial charge < -0.3 is 93.3 Å². The second kappa shape index (κ2) is 49.0. The van der Waals surface area contributed by atoms with Crippen LogP contribution in [-0.4, -0.2) is 267 Å². The first-order valence-corrected chi connectivity index (χ1v) is 43.8. The molecule has 14 N–H and O–H groups in total. The summed E-state index contributed by atoms with van der Waals surface area (Å²) in [4.78, 5) is 243. The molecule has 2 heterocycles. The molecule has 0 saturated carbocycles. The topological polar surface area (TPSA) is 480 Å². The van der Waals surface area contributed by atoms with Crippen molar-refractivity contribution in [3.8, 4) is 5.75 Å². The predicted molar refractivity (Wildman–Crippen MR) is 480 cm³/mol. The molecule has 0 aliphatic carbocycles. The van der Waals surface area contributed by atoms with E-state index in [1.165, 1.54) is 81.4 Å². The number of aromatic nitrogens is 1. The average molecular weight is 1800 g/mol. The average Bonchev–Trinajstić information content (AvgIpc) is 1.50. The summed E-state index contributed by atoms with van der Waals surface area (Å²) in [5.74, 6) is -18.1. The SMILES string of the molecule is CCCC[C@H]1C(=O)N(C)CC(=O)N[C@@H](CC(=O)O)C(=O)N[C@@H](C(C)C)C(=O)N(C)[C@@H](Cc2ccccc2)C(=O)N[C@@H](Cc2ccc(F)cc2)C(=O)N(C)CC(=O)N[C@@H](Cc2c[nH]c3ccccc23)C(=O)N[C@H](Cc2ccc(O)cc2)C(=O)N[C@@H](CC(C)C)C(=O)N[C@H](C(=O)NCC(N)=O)CSCC(=O)N[C@@H](Cc2ccccc2)C(=O)N(C)[C@@H](Cc2ccccc2)C(=O)N1C. The molecule has 1 aliphatic rings. The van der Waals surface area contributed by atoms with Crippen molar-refractivity contribution in [2.24, 2.45) is 17.6 Å². The first kappa shape index (κ1) is 101. The molecule has 34 nitrogen and oxygen atoms in total. The van der Waals surface area contributed by atoms with Crippen molar-refractivity contribution < 1.29 is 91.3 Å². The van der Waals surface area contributed by atoms with Crippen LogP contribution in [0, 0.1) is 17.7 Å². The first-order valence-electron chi connectivity index (χ1n) is 42.6. The Hall–Kier alpha value is -13.5. The number of nitrogens with two attached hydrogens (primary N) is 1. The van der Waals surface area contributed by atoms with Gasteiger partial charge in [-0.05, 0) is 88.4 Å². The quantitative estimate of drug-likeness (QED) is 0.0438. The number of fused-ring (bicyclic) bond motifs is 1. The van der Waals surface area contributed by atoms with Gasteiger partial charge in [0.2, 0.25) is 88.6 Å². The summed E-state index contributed by atoms with van der Waals surface area (Å²) < 4.78 is 14.6. The lowest BCUT2D eigenvalue weighted by atomic mass is 9.98. The number of likely N-dealkylation sites (N-methyl/N-ethyl adjacent to an activating group) is 5. The number of aromatic amines is 1. The number of thioether (sulfide) groups is 1. The minimum atomic E-state index is -1.91. The molecular weight excluding hydrogens is 1680 g/mol. The molecule has 690 valence electrons. The van der Waals surface area contributed by atoms with Crippen molar-refractivity contribution in [2.75, 3.05) is 66.4 Å². The van der Waals surface area contributed by atoms with Gasteiger partial charge in [-0.25, -0.2) is 4.39 Å². The van der Waals surface area contributed by atoms with E-state index in [9.17, 15) is 57.8 Å². The van der Waals surface area contributed by atoms with Crippen LogP contribution in [0.25, 0.3) is 10.9 Å². The minimum absolute atomic E-state index is 0.0261. The van der Waals surface area contributed by atoms with Crippen molar-refractivity contribution in [3.63, 3.8) is 0 Å². The Kier molecular flexibility index (Phi) is 38.3. The van der Waals surface area contributed by atoms with Gasteiger partial charge in [0, 0.05) is 96.6 Å². The smallest absolute Gasteiger partial charge is 0.305 e. The number of hydrogen-bond donors (Lipinski definition) is 13. The van der Waals surface area contributed by atoms with Gasteiger partial charge in [0.05, 0.1) is 31.8 Å². The van der Waals surface area contributed by atoms with Gasteiger partial charge in [0.1, 0.15) is 78.0 Å². The number of H-pyrrole nitrogens is 1. The van der Waals surface area contributed by atoms with Crippen molar-refractivity contribution in [1.82, 2.24) is 77.3 Å². The fourth-order valence-electron chi connectivity index (χ4n) is 14.9. The van der Waals surface area contributed by atoms with Gasteiger partial charge >= 0.3 is 5.97 Å². The summed E-state index contributed by atoms with van der Waals surface area (Å²) in [6.45, 7) is 6.12. The summed E-state index contributed by atoms with van der Waals surface area (Å²) in [7, 11) is 6.49. The third-order valence-electron chi connectivity index (χ3n) is 22.0. The predicted octanol–water partition coefficient (Wildman–Crippen LogP) is 2.76. The van der Waals surface area contributed by atoms with E-state index in [-0.39, 0.29) is 68.8 Å². The van der Waals surface area contributed by atoms with E-state index in [0.29, 0.717) is 57.1 Å². The number of amides is 15. The van der Waals surface area contributed by atoms with Crippen LogP contribution >= 0.6 is 11.8 Å². The molecule has 0 bridgehead atoms. The highest BCUT2D eigenvalue weighted by molar-refractivity contribution is 8.00. The summed E-state index contributed by atoms with van der Waals surface area (Å²) in [5.41, 5.74) is 8.99. The number of phenolic OH excluding ortho intramolecular Hbond substituents is 1. The second-order valence-electron chi connectivity index (χ2n) is 33.0. The number of carbonyl (C=O) groups excluding carboxylic acids is 15. The summed E-state index contributed by atoms with van der Waals surface area (Å²) >= 11 is 0.826. The molecule has 0 unspecified atom stereocenters. The van der Waals surface area contributed by atoms with E-state index in [1.807, 2.05) is 6.92 Å². The van der Waals surface area contributed by atoms with E-state index in [1.54, 1.807) is 149 Å². The molecule has 11 atom stereocenters. The minimum Gasteiger partial charge on any atom is -0.508 e. The molecular formula is C93H117FN16O18S. The highest BCUT2D eigenvalue weighted by Gasteiger charge is 2.42. The fraction of sp³-hybridized carbons (Fsp3) is 0.419. The summed E-state index contributed by atoms with van der Waals surface area (Å²) in [6, 6.07) is 26.3. The summed E-state index contributed by atoms with van der Waals surface area (Å²) in [6.07, 6.45) is -0.0323. The Morgan fingerprint density at radius 3 is 1.50 bits per heavy atom. The molecule has 129 heavy (non-hydrogen) atoms. The number of aromatic hydroxyl groups is 1. The zero-order valence-electron chi connectivity index (χ0n) is 74.0. The molecule has 0 radical (unpaired) electrons. The van der Waals surface area contributed by atoms with Gasteiger partial charge in [-0.1, -0.05) is 181 Å². The van der Waals surface area contributed by atoms with E-state index in [2.05, 4.69) is 52.8 Å². The van der Waals surface area contributed by atoms with Crippen molar-refractivity contribution in [2.45, 2.75) is 172 Å². The Bertz CT molecular complexity index is 5070. The van der Waals surface area contributed by atoms with Crippen molar-refractivity contribution in [3.05, 3.63) is 209 Å². The number of para-hydroxylation sites is 1. The second-order valence-corrected chi connectivity index (χ2v) is 34.1. The standard InChI is InChI=1S/C93H117FN16O18S/c1-11-12-32-74-91(126)107(7)52-79(114)99-70(48-81(116)117)87(122)105-82(56(4)5)93(128)109(9)75(45-58-26-18-14-19-27-58)88(123)103-71(44-60-33-37-63(94)38-34-60)89(124)106(6)51-78(113)98-69(47-62-49-96-66-31-23-22-30-65(62)66)86(121)102-68(42-61-35-39-64(111)40-36-61)85(120)101-67(41-55(2)3)84(119)104-73(83(118)97-50-77(95)112)53-129-54-80(115)100-72(43-57-24-16-13-17-25-57)90(125)110(10)76(92(127)108(74)8)46-59-28-20-15-21-29-59/h13-31,33-40,49,55-56,67-76,82,96,111H,11-12,32,41-48,50-54H2,1-10H3,(H2,95,112)(H,97,118)(H,98,113)(H,99,114)(H,100,115)(H,101,120)(H,102,121)(H,103,123)(H,104,119)(H,105,122)(H,116,117)/t67-,68+,69-,70-,71-,72-,73-,74-,75-,76-,82-/m0/s1. The van der Waals surface area contributed by atoms with Crippen LogP contribution in [0.4, 0.5) is 4.39 Å². The lowest BCUT2D eigenvalue weighted by Gasteiger charge is -2.37. The van der Waals surface area contributed by atoms with Gasteiger partial charge in [-0.15, -0.1) is 11.8 Å². The molecule has 15 amide bonds. The van der Waals surface area contributed by atoms with Crippen LogP contribution < -0.4 is 53.6 Å². The number of nitrogens with one attached hydrogen (secondary N) is 10. The van der Waals surface area contributed by atoms with E-state index >= 15 is 33.6 Å². The molecule has 1 fully saturated rings. The number of halogens is 1. The zero-order chi connectivity index (χ0) is 94.3. The Morgan fingerprint density at radius 1 is 0.481 bits per heavy atom. The first-order chi connectivity index (χ1) is 61.4. The van der Waals surface area contributed by atoms with Gasteiger partial charge in [-0.3, -0.25) is 76.7 Å². The maximum absolute atomic E-state index is 15.5. The third kappa shape index (κ3) is 30.6. The zero-order valence-corrected chi connectivity index (χ0v) is 74.8. The maximum atomic E-state index is 15.5. The Labute approximate surface area is 752 Å². The van der Waals surface area contributed by atoms with Crippen LogP contribution in [-0.2, 0) is 115 Å². The van der Waals surface area contributed by atoms with Crippen molar-refractivity contribution in [1.29, 1.82) is 0 Å². The number of phenols is 1. The van der Waals surface area contributed by atoms with Gasteiger partial charge in [0.15, 0.2) is 0 Å². The van der Waals surface area contributed by atoms with E-state index in [0.717, 1.165) is 38.6 Å². The maximum Gasteiger partial charge on any atom is 0.305 e. The number of primary amides is 1. The number of aliphatic carboxylic acids is 1. The number of carbonyl (C=O) groups is 16. The molecule has 0 spiro atoms. The third-order valence-corrected chi connectivity index (χ3v) is 23.1. The Morgan fingerprint density at radius 2 is 0.938 bits per heavy atom. The van der Waals surface area contributed by atoms with Crippen LogP contribution in [0.1, 0.15) is 100 Å². The molecule has 1 saturated heterocycles. The molecule has 36 heteroatoms. The van der Waals surface area contributed by atoms with E-state index < -0.39 is 205 Å². The molecule has 6 aromatic carbocycles. The number of carboxylic acids is 1. The highest BCUT2D eigenvalue weighted by atomic mass is 32.2.